The van der Waals surface area contributed by atoms with Crippen LogP contribution in [0.15, 0.2) is 24.5 Å². The zero-order chi connectivity index (χ0) is 24.6. The number of hydrogen-bond donors (Lipinski definition) is 2. The van der Waals surface area contributed by atoms with Crippen LogP contribution in [0.25, 0.3) is 10.9 Å². The van der Waals surface area contributed by atoms with Gasteiger partial charge in [0.1, 0.15) is 11.9 Å². The van der Waals surface area contributed by atoms with E-state index in [2.05, 4.69) is 25.3 Å². The highest BCUT2D eigenvalue weighted by Gasteiger charge is 2.36. The first-order valence-electron chi connectivity index (χ1n) is 12.1. The molecule has 7 nitrogen and oxygen atoms in total. The Bertz CT molecular complexity index is 1180. The van der Waals surface area contributed by atoms with Gasteiger partial charge in [0, 0.05) is 42.9 Å². The molecule has 1 saturated heterocycles. The molecule has 1 saturated carbocycles. The monoisotopic (exact) mass is 492 g/mol. The van der Waals surface area contributed by atoms with E-state index in [0.29, 0.717) is 37.7 Å². The second-order valence-electron chi connectivity index (χ2n) is 9.16. The molecule has 2 N–H and O–H groups in total. The van der Waals surface area contributed by atoms with Crippen molar-refractivity contribution in [3.8, 4) is 5.88 Å². The Balaban J connectivity index is 1.35. The average molecular weight is 493 g/mol. The summed E-state index contributed by atoms with van der Waals surface area (Å²) in [6.45, 7) is 4.62. The van der Waals surface area contributed by atoms with Gasteiger partial charge in [-0.3, -0.25) is 4.68 Å². The molecule has 2 aliphatic rings. The van der Waals surface area contributed by atoms with E-state index in [0.717, 1.165) is 54.7 Å². The van der Waals surface area contributed by atoms with Gasteiger partial charge in [0.25, 0.3) is 5.88 Å². The maximum atomic E-state index is 14.4. The lowest BCUT2D eigenvalue weighted by Crippen LogP contribution is -2.27. The van der Waals surface area contributed by atoms with E-state index in [9.17, 15) is 17.6 Å². The van der Waals surface area contributed by atoms with Gasteiger partial charge in [0.2, 0.25) is 0 Å². The fourth-order valence-electron chi connectivity index (χ4n) is 5.09. The topological polar surface area (TPSA) is 76.9 Å². The van der Waals surface area contributed by atoms with Crippen LogP contribution in [0.3, 0.4) is 0 Å². The SMILES string of the molecule is CCNc1cc2c(cn1)c(C1CCNC1)nn2C1CCC(Oc2nccc(C(F)(F)F)c2F)CC1. The molecule has 1 atom stereocenters. The fraction of sp³-hybridized carbons (Fsp3) is 0.542. The molecule has 2 fully saturated rings. The van der Waals surface area contributed by atoms with Gasteiger partial charge in [-0.15, -0.1) is 0 Å². The van der Waals surface area contributed by atoms with Crippen molar-refractivity contribution in [3.63, 3.8) is 0 Å². The molecule has 188 valence electrons. The van der Waals surface area contributed by atoms with Gasteiger partial charge in [-0.05, 0) is 51.6 Å². The minimum absolute atomic E-state index is 0.108. The summed E-state index contributed by atoms with van der Waals surface area (Å²) in [6.07, 6.45) is 1.19. The van der Waals surface area contributed by atoms with Gasteiger partial charge in [-0.2, -0.15) is 18.3 Å². The summed E-state index contributed by atoms with van der Waals surface area (Å²) in [5.41, 5.74) is 0.709. The standard InChI is InChI=1S/C24H28F4N6O/c1-2-30-20-11-19-17(13-32-20)22(14-7-9-29-12-14)33-34(19)15-3-5-16(6-4-15)35-23-21(25)18(8-10-31-23)24(26,27)28/h8,10-11,13-16,29H,2-7,9,12H2,1H3,(H,30,32). The van der Waals surface area contributed by atoms with Crippen molar-refractivity contribution in [2.75, 3.05) is 25.0 Å². The first-order chi connectivity index (χ1) is 16.8. The second kappa shape index (κ2) is 9.60. The fourth-order valence-corrected chi connectivity index (χ4v) is 5.09. The molecule has 5 rings (SSSR count). The predicted octanol–water partition coefficient (Wildman–Crippen LogP) is 5.06. The van der Waals surface area contributed by atoms with Crippen molar-refractivity contribution < 1.29 is 22.3 Å². The molecular weight excluding hydrogens is 464 g/mol. The van der Waals surface area contributed by atoms with Gasteiger partial charge >= 0.3 is 6.18 Å². The molecule has 0 bridgehead atoms. The molecule has 1 aliphatic carbocycles. The first kappa shape index (κ1) is 23.8. The Labute approximate surface area is 200 Å². The van der Waals surface area contributed by atoms with Crippen molar-refractivity contribution in [1.29, 1.82) is 0 Å². The lowest BCUT2D eigenvalue weighted by molar-refractivity contribution is -0.140. The zero-order valence-corrected chi connectivity index (χ0v) is 19.4. The van der Waals surface area contributed by atoms with Crippen molar-refractivity contribution in [3.05, 3.63) is 41.6 Å². The van der Waals surface area contributed by atoms with E-state index >= 15 is 0 Å². The van der Waals surface area contributed by atoms with Crippen LogP contribution < -0.4 is 15.4 Å². The lowest BCUT2D eigenvalue weighted by atomic mass is 9.93. The highest BCUT2D eigenvalue weighted by atomic mass is 19.4. The number of fused-ring (bicyclic) bond motifs is 1. The molecule has 0 aromatic carbocycles. The molecule has 1 aliphatic heterocycles. The highest BCUT2D eigenvalue weighted by molar-refractivity contribution is 5.84. The smallest absolute Gasteiger partial charge is 0.419 e. The normalized spacial score (nSPS) is 23.1. The summed E-state index contributed by atoms with van der Waals surface area (Å²) in [7, 11) is 0. The van der Waals surface area contributed by atoms with Crippen LogP contribution in [0.4, 0.5) is 23.4 Å². The summed E-state index contributed by atoms with van der Waals surface area (Å²) in [4.78, 5) is 8.26. The molecule has 0 radical (unpaired) electrons. The van der Waals surface area contributed by atoms with Crippen molar-refractivity contribution in [1.82, 2.24) is 25.1 Å². The van der Waals surface area contributed by atoms with E-state index in [1.54, 1.807) is 0 Å². The number of hydrogen-bond acceptors (Lipinski definition) is 6. The first-order valence-corrected chi connectivity index (χ1v) is 12.1. The third kappa shape index (κ3) is 4.78. The molecule has 3 aromatic rings. The number of nitrogens with one attached hydrogen (secondary N) is 2. The molecular formula is C24H28F4N6O. The lowest BCUT2D eigenvalue weighted by Gasteiger charge is -2.29. The van der Waals surface area contributed by atoms with Crippen LogP contribution in [0.5, 0.6) is 5.88 Å². The van der Waals surface area contributed by atoms with Crippen LogP contribution in [0, 0.1) is 5.82 Å². The zero-order valence-electron chi connectivity index (χ0n) is 19.4. The Kier molecular flexibility index (Phi) is 6.52. The van der Waals surface area contributed by atoms with Gasteiger partial charge in [-0.1, -0.05) is 0 Å². The Morgan fingerprint density at radius 1 is 1.17 bits per heavy atom. The summed E-state index contributed by atoms with van der Waals surface area (Å²) in [6, 6.07) is 2.76. The number of halogens is 4. The minimum Gasteiger partial charge on any atom is -0.472 e. The number of nitrogens with zero attached hydrogens (tertiary/aromatic N) is 4. The maximum Gasteiger partial charge on any atom is 0.419 e. The summed E-state index contributed by atoms with van der Waals surface area (Å²) >= 11 is 0. The number of pyridine rings is 2. The predicted molar refractivity (Wildman–Crippen MR) is 123 cm³/mol. The number of aromatic nitrogens is 4. The highest BCUT2D eigenvalue weighted by Crippen LogP contribution is 2.38. The summed E-state index contributed by atoms with van der Waals surface area (Å²) < 4.78 is 61.1. The quantitative estimate of drug-likeness (QED) is 0.469. The minimum atomic E-state index is -4.79. The van der Waals surface area contributed by atoms with Crippen molar-refractivity contribution in [2.24, 2.45) is 0 Å². The number of anilines is 1. The van der Waals surface area contributed by atoms with Crippen molar-refractivity contribution >= 4 is 16.7 Å². The summed E-state index contributed by atoms with van der Waals surface area (Å²) in [5.74, 6) is -0.927. The number of ether oxygens (including phenoxy) is 1. The van der Waals surface area contributed by atoms with E-state index < -0.39 is 29.5 Å². The molecule has 0 amide bonds. The van der Waals surface area contributed by atoms with Crippen LogP contribution in [0.2, 0.25) is 0 Å². The largest absolute Gasteiger partial charge is 0.472 e. The van der Waals surface area contributed by atoms with E-state index in [1.807, 2.05) is 19.2 Å². The van der Waals surface area contributed by atoms with Crippen LogP contribution in [0.1, 0.15) is 62.2 Å². The van der Waals surface area contributed by atoms with Gasteiger partial charge < -0.3 is 15.4 Å². The van der Waals surface area contributed by atoms with Gasteiger partial charge in [0.15, 0.2) is 5.82 Å². The molecule has 35 heavy (non-hydrogen) atoms. The third-order valence-corrected chi connectivity index (χ3v) is 6.86. The number of rotatable bonds is 6. The number of alkyl halides is 3. The van der Waals surface area contributed by atoms with Crippen LogP contribution >= 0.6 is 0 Å². The average Bonchev–Trinajstić information content (AvgIpc) is 3.48. The molecule has 1 unspecified atom stereocenters. The van der Waals surface area contributed by atoms with E-state index in [-0.39, 0.29) is 6.04 Å². The maximum absolute atomic E-state index is 14.4. The van der Waals surface area contributed by atoms with E-state index in [1.165, 1.54) is 0 Å². The Hall–Kier alpha value is -2.95. The third-order valence-electron chi connectivity index (χ3n) is 6.86. The molecule has 4 heterocycles. The van der Waals surface area contributed by atoms with E-state index in [4.69, 9.17) is 9.84 Å². The van der Waals surface area contributed by atoms with Gasteiger partial charge in [0.05, 0.1) is 22.8 Å². The van der Waals surface area contributed by atoms with Crippen LogP contribution in [-0.2, 0) is 6.18 Å². The van der Waals surface area contributed by atoms with Crippen LogP contribution in [-0.4, -0.2) is 45.5 Å². The Morgan fingerprint density at radius 2 is 1.97 bits per heavy atom. The van der Waals surface area contributed by atoms with Crippen molar-refractivity contribution in [2.45, 2.75) is 63.3 Å². The Morgan fingerprint density at radius 3 is 2.66 bits per heavy atom. The molecule has 11 heteroatoms. The molecule has 0 spiro atoms. The summed E-state index contributed by atoms with van der Waals surface area (Å²) in [5, 5.41) is 12.7. The second-order valence-corrected chi connectivity index (χ2v) is 9.16. The van der Waals surface area contributed by atoms with Gasteiger partial charge in [-0.25, -0.2) is 14.4 Å². The molecule has 3 aromatic heterocycles.